The molecule has 0 spiro atoms. The second kappa shape index (κ2) is 4.03. The third-order valence-corrected chi connectivity index (χ3v) is 5.22. The number of hydrogen-bond donors (Lipinski definition) is 2. The zero-order valence-corrected chi connectivity index (χ0v) is 12.8. The third-order valence-electron chi connectivity index (χ3n) is 5.22. The maximum absolute atomic E-state index is 12.1. The van der Waals surface area contributed by atoms with Crippen molar-refractivity contribution in [3.63, 3.8) is 0 Å². The number of nitrogens with one attached hydrogen (secondary N) is 2. The van der Waals surface area contributed by atoms with Crippen LogP contribution in [0, 0.1) is 0 Å². The van der Waals surface area contributed by atoms with Gasteiger partial charge in [-0.05, 0) is 23.6 Å². The molecule has 4 nitrogen and oxygen atoms in total. The minimum atomic E-state index is -0.163. The Kier molecular flexibility index (Phi) is 2.07. The maximum atomic E-state index is 12.1. The fraction of sp³-hybridized carbons (Fsp3) is 0.100. The van der Waals surface area contributed by atoms with Gasteiger partial charge in [0.2, 0.25) is 0 Å². The van der Waals surface area contributed by atoms with E-state index in [1.54, 1.807) is 6.08 Å². The van der Waals surface area contributed by atoms with E-state index in [9.17, 15) is 4.79 Å². The van der Waals surface area contributed by atoms with Crippen LogP contribution in [0.1, 0.15) is 5.56 Å². The van der Waals surface area contributed by atoms with E-state index in [0.29, 0.717) is 0 Å². The Balaban J connectivity index is 1.94. The molecule has 1 aromatic heterocycles. The minimum absolute atomic E-state index is 0.159. The minimum Gasteiger partial charge on any atom is -0.372 e. The van der Waals surface area contributed by atoms with Crippen LogP contribution in [-0.4, -0.2) is 16.9 Å². The highest BCUT2D eigenvalue weighted by molar-refractivity contribution is 6.09. The van der Waals surface area contributed by atoms with E-state index in [2.05, 4.69) is 51.7 Å². The molecule has 1 aromatic carbocycles. The second-order valence-corrected chi connectivity index (χ2v) is 6.49. The summed E-state index contributed by atoms with van der Waals surface area (Å²) in [5.74, 6) is -0.163. The third kappa shape index (κ3) is 1.35. The molecule has 6 rings (SSSR count). The molecule has 0 saturated carbocycles. The highest BCUT2D eigenvalue weighted by Crippen LogP contribution is 2.27. The van der Waals surface area contributed by atoms with Crippen molar-refractivity contribution in [2.75, 3.05) is 5.32 Å². The van der Waals surface area contributed by atoms with Crippen LogP contribution in [0.15, 0.2) is 41.4 Å². The number of rotatable bonds is 0. The number of fused-ring (bicyclic) bond motifs is 9. The van der Waals surface area contributed by atoms with E-state index >= 15 is 0 Å². The van der Waals surface area contributed by atoms with E-state index in [1.165, 1.54) is 11.1 Å². The van der Waals surface area contributed by atoms with Crippen LogP contribution in [0.3, 0.4) is 0 Å². The number of carbonyl (C=O) groups is 1. The van der Waals surface area contributed by atoms with Gasteiger partial charge in [0, 0.05) is 27.2 Å². The Morgan fingerprint density at radius 1 is 1.21 bits per heavy atom. The molecule has 0 saturated heterocycles. The second-order valence-electron chi connectivity index (χ2n) is 6.49. The lowest BCUT2D eigenvalue weighted by molar-refractivity contribution is -0.112. The van der Waals surface area contributed by atoms with Gasteiger partial charge in [0.05, 0.1) is 22.6 Å². The average Bonchev–Trinajstić information content (AvgIpc) is 3.25. The van der Waals surface area contributed by atoms with Crippen LogP contribution in [0.4, 0.5) is 5.69 Å². The van der Waals surface area contributed by atoms with Gasteiger partial charge < -0.3 is 10.3 Å². The van der Waals surface area contributed by atoms with E-state index < -0.39 is 0 Å². The van der Waals surface area contributed by atoms with Crippen LogP contribution in [0.2, 0.25) is 0 Å². The molecule has 1 atom stereocenters. The van der Waals surface area contributed by atoms with Crippen LogP contribution in [-0.2, 0) is 11.2 Å². The summed E-state index contributed by atoms with van der Waals surface area (Å²) in [4.78, 5) is 20.0. The van der Waals surface area contributed by atoms with Crippen molar-refractivity contribution in [3.05, 3.63) is 63.2 Å². The maximum Gasteiger partial charge on any atom is 0.270 e. The summed E-state index contributed by atoms with van der Waals surface area (Å²) in [6, 6.07) is 0.159. The van der Waals surface area contributed by atoms with Crippen molar-refractivity contribution in [3.8, 4) is 0 Å². The summed E-state index contributed by atoms with van der Waals surface area (Å²) < 4.78 is 0. The number of benzene rings is 1. The molecule has 2 aliphatic heterocycles. The zero-order chi connectivity index (χ0) is 15.8. The fourth-order valence-electron chi connectivity index (χ4n) is 4.25. The lowest BCUT2D eigenvalue weighted by Gasteiger charge is -2.11. The molecule has 2 aromatic rings. The first-order valence-electron chi connectivity index (χ1n) is 8.15. The van der Waals surface area contributed by atoms with Crippen molar-refractivity contribution in [2.24, 2.45) is 4.99 Å². The molecule has 0 radical (unpaired) electrons. The standard InChI is InChI=1S/C20H13N3O/c24-15-9-12-16-10-5-1-3-7-13(10)21-19(16)20-17(18(12)23-15)11-6-2-4-8-14(11)22-20/h1-5,7-9,13,21-22H,6H2. The van der Waals surface area contributed by atoms with Gasteiger partial charge in [0.25, 0.3) is 5.91 Å². The fourth-order valence-corrected chi connectivity index (χ4v) is 4.25. The summed E-state index contributed by atoms with van der Waals surface area (Å²) >= 11 is 0. The van der Waals surface area contributed by atoms with Gasteiger partial charge in [-0.2, -0.15) is 0 Å². The Hall–Kier alpha value is -3.14. The number of hydrogen-bond acceptors (Lipinski definition) is 2. The summed E-state index contributed by atoms with van der Waals surface area (Å²) in [6.07, 6.45) is 17.2. The molecule has 1 amide bonds. The molecule has 0 fully saturated rings. The van der Waals surface area contributed by atoms with E-state index in [0.717, 1.165) is 44.2 Å². The van der Waals surface area contributed by atoms with E-state index in [1.807, 2.05) is 6.08 Å². The topological polar surface area (TPSA) is 57.2 Å². The number of H-pyrrole nitrogens is 1. The van der Waals surface area contributed by atoms with Crippen LogP contribution in [0.5, 0.6) is 0 Å². The number of carbonyl (C=O) groups excluding carboxylic acids is 1. The number of anilines is 1. The van der Waals surface area contributed by atoms with Gasteiger partial charge >= 0.3 is 0 Å². The first kappa shape index (κ1) is 12.3. The summed E-state index contributed by atoms with van der Waals surface area (Å²) in [5.41, 5.74) is 4.58. The molecule has 2 N–H and O–H groups in total. The number of nitrogens with zero attached hydrogens (tertiary/aromatic N) is 1. The van der Waals surface area contributed by atoms with Crippen molar-refractivity contribution >= 4 is 40.2 Å². The van der Waals surface area contributed by atoms with Gasteiger partial charge in [0.1, 0.15) is 0 Å². The van der Waals surface area contributed by atoms with Gasteiger partial charge in [0.15, 0.2) is 0 Å². The summed E-state index contributed by atoms with van der Waals surface area (Å²) in [6.45, 7) is 0. The predicted molar refractivity (Wildman–Crippen MR) is 94.2 cm³/mol. The molecule has 3 heterocycles. The van der Waals surface area contributed by atoms with E-state index in [-0.39, 0.29) is 11.9 Å². The smallest absolute Gasteiger partial charge is 0.270 e. The molecule has 24 heavy (non-hydrogen) atoms. The lowest BCUT2D eigenvalue weighted by atomic mass is 9.99. The molecule has 114 valence electrons. The van der Waals surface area contributed by atoms with Crippen molar-refractivity contribution in [2.45, 2.75) is 12.5 Å². The normalized spacial score (nSPS) is 21.6. The molecule has 4 aliphatic rings. The van der Waals surface area contributed by atoms with Gasteiger partial charge in [-0.25, -0.2) is 4.99 Å². The zero-order valence-electron chi connectivity index (χ0n) is 12.8. The molecule has 4 heteroatoms. The highest BCUT2D eigenvalue weighted by atomic mass is 16.1. The van der Waals surface area contributed by atoms with Crippen molar-refractivity contribution in [1.29, 1.82) is 0 Å². The summed E-state index contributed by atoms with van der Waals surface area (Å²) in [5, 5.41) is 8.72. The van der Waals surface area contributed by atoms with Crippen LogP contribution >= 0.6 is 0 Å². The van der Waals surface area contributed by atoms with Gasteiger partial charge in [-0.15, -0.1) is 0 Å². The number of amides is 1. The molecular weight excluding hydrogens is 298 g/mol. The highest BCUT2D eigenvalue weighted by Gasteiger charge is 2.27. The Labute approximate surface area is 136 Å². The van der Waals surface area contributed by atoms with Gasteiger partial charge in [-0.3, -0.25) is 4.79 Å². The van der Waals surface area contributed by atoms with E-state index in [4.69, 9.17) is 0 Å². The van der Waals surface area contributed by atoms with Crippen LogP contribution < -0.4 is 26.5 Å². The number of aromatic amines is 1. The van der Waals surface area contributed by atoms with Crippen molar-refractivity contribution < 1.29 is 4.79 Å². The monoisotopic (exact) mass is 311 g/mol. The molecule has 0 bridgehead atoms. The Bertz CT molecular complexity index is 1320. The summed E-state index contributed by atoms with van der Waals surface area (Å²) in [7, 11) is 0. The SMILES string of the molecule is O=C1C=c2c3c(c4[nH]c5c(c4c2=N1)CC=CC=5)NC1C=CC=CC=31. The molecule has 2 aliphatic carbocycles. The first-order chi connectivity index (χ1) is 11.8. The first-order valence-corrected chi connectivity index (χ1v) is 8.15. The lowest BCUT2D eigenvalue weighted by Crippen LogP contribution is -2.38. The average molecular weight is 311 g/mol. The molecular formula is C20H13N3O. The number of allylic oxidation sites excluding steroid dienone is 4. The number of aromatic nitrogens is 1. The van der Waals surface area contributed by atoms with Crippen molar-refractivity contribution in [1.82, 2.24) is 4.98 Å². The molecule has 1 unspecified atom stereocenters. The van der Waals surface area contributed by atoms with Crippen LogP contribution in [0.25, 0.3) is 28.6 Å². The largest absolute Gasteiger partial charge is 0.372 e. The Morgan fingerprint density at radius 3 is 3.12 bits per heavy atom. The Morgan fingerprint density at radius 2 is 2.17 bits per heavy atom. The quantitative estimate of drug-likeness (QED) is 0.723. The predicted octanol–water partition coefficient (Wildman–Crippen LogP) is 0.0718. The van der Waals surface area contributed by atoms with Gasteiger partial charge in [-0.1, -0.05) is 36.5 Å².